The number of aliphatic imine (C=N–C) groups is 1. The van der Waals surface area contributed by atoms with Crippen molar-refractivity contribution in [1.82, 2.24) is 10.6 Å². The van der Waals surface area contributed by atoms with Crippen molar-refractivity contribution in [2.24, 2.45) is 4.99 Å². The van der Waals surface area contributed by atoms with Crippen molar-refractivity contribution in [3.63, 3.8) is 0 Å². The highest BCUT2D eigenvalue weighted by Crippen LogP contribution is 2.00. The lowest BCUT2D eigenvalue weighted by Crippen LogP contribution is -2.38. The van der Waals surface area contributed by atoms with E-state index < -0.39 is 0 Å². The Morgan fingerprint density at radius 3 is 2.35 bits per heavy atom. The van der Waals surface area contributed by atoms with E-state index in [2.05, 4.69) is 46.8 Å². The first-order valence-electron chi connectivity index (χ1n) is 8.43. The summed E-state index contributed by atoms with van der Waals surface area (Å²) in [4.78, 5) is 4.20. The van der Waals surface area contributed by atoms with Crippen LogP contribution in [0.5, 0.6) is 0 Å². The molecule has 0 aliphatic rings. The minimum absolute atomic E-state index is 0. The van der Waals surface area contributed by atoms with Gasteiger partial charge in [0.05, 0.1) is 6.61 Å². The molecule has 0 aliphatic heterocycles. The van der Waals surface area contributed by atoms with Crippen LogP contribution < -0.4 is 10.6 Å². The molecule has 0 aliphatic carbocycles. The van der Waals surface area contributed by atoms with E-state index in [0.29, 0.717) is 0 Å². The predicted molar refractivity (Wildman–Crippen MR) is 110 cm³/mol. The lowest BCUT2D eigenvalue weighted by Gasteiger charge is -2.11. The molecule has 0 aromatic heterocycles. The molecule has 0 unspecified atom stereocenters. The minimum Gasteiger partial charge on any atom is -0.381 e. The van der Waals surface area contributed by atoms with Gasteiger partial charge in [-0.2, -0.15) is 0 Å². The molecule has 0 fully saturated rings. The van der Waals surface area contributed by atoms with Gasteiger partial charge in [-0.25, -0.2) is 0 Å². The predicted octanol–water partition coefficient (Wildman–Crippen LogP) is 3.61. The van der Waals surface area contributed by atoms with E-state index in [1.807, 2.05) is 13.1 Å². The maximum Gasteiger partial charge on any atom is 0.190 e. The molecule has 0 atom stereocenters. The zero-order chi connectivity index (χ0) is 15.9. The molecule has 0 heterocycles. The normalized spacial score (nSPS) is 11.0. The molecular weight excluding hydrogens is 401 g/mol. The molecule has 0 saturated heterocycles. The molecule has 0 saturated carbocycles. The number of hydrogen-bond acceptors (Lipinski definition) is 2. The van der Waals surface area contributed by atoms with Crippen molar-refractivity contribution >= 4 is 29.9 Å². The smallest absolute Gasteiger partial charge is 0.190 e. The van der Waals surface area contributed by atoms with E-state index in [1.54, 1.807) is 0 Å². The van der Waals surface area contributed by atoms with Gasteiger partial charge < -0.3 is 15.4 Å². The van der Waals surface area contributed by atoms with Gasteiger partial charge in [-0.15, -0.1) is 24.0 Å². The molecule has 0 amide bonds. The summed E-state index contributed by atoms with van der Waals surface area (Å²) in [5.74, 6) is 0.901. The zero-order valence-corrected chi connectivity index (χ0v) is 16.8. The lowest BCUT2D eigenvalue weighted by atomic mass is 10.2. The van der Waals surface area contributed by atoms with Crippen molar-refractivity contribution in [2.45, 2.75) is 39.0 Å². The Morgan fingerprint density at radius 2 is 1.70 bits per heavy atom. The molecule has 0 spiro atoms. The fourth-order valence-corrected chi connectivity index (χ4v) is 2.08. The molecule has 2 N–H and O–H groups in total. The molecule has 5 heteroatoms. The van der Waals surface area contributed by atoms with Crippen LogP contribution in [-0.2, 0) is 11.2 Å². The Labute approximate surface area is 158 Å². The quantitative estimate of drug-likeness (QED) is 0.243. The summed E-state index contributed by atoms with van der Waals surface area (Å²) < 4.78 is 5.68. The topological polar surface area (TPSA) is 45.7 Å². The van der Waals surface area contributed by atoms with E-state index in [4.69, 9.17) is 4.74 Å². The summed E-state index contributed by atoms with van der Waals surface area (Å²) in [5.41, 5.74) is 1.34. The van der Waals surface area contributed by atoms with Crippen LogP contribution in [0.3, 0.4) is 0 Å². The van der Waals surface area contributed by atoms with Gasteiger partial charge in [0.15, 0.2) is 5.96 Å². The van der Waals surface area contributed by atoms with Crippen LogP contribution in [-0.4, -0.2) is 39.3 Å². The van der Waals surface area contributed by atoms with Crippen LogP contribution in [0.25, 0.3) is 0 Å². The van der Waals surface area contributed by atoms with Crippen LogP contribution in [0.1, 0.15) is 38.2 Å². The Hall–Kier alpha value is -0.820. The van der Waals surface area contributed by atoms with Gasteiger partial charge in [-0.1, -0.05) is 43.7 Å². The second-order valence-electron chi connectivity index (χ2n) is 5.33. The number of nitrogens with one attached hydrogen (secondary N) is 2. The summed E-state index contributed by atoms with van der Waals surface area (Å²) in [6, 6.07) is 10.5. The highest BCUT2D eigenvalue weighted by Gasteiger charge is 1.96. The SMILES string of the molecule is CCCCNC(=NC)NCCCCOCCc1ccccc1.I. The van der Waals surface area contributed by atoms with E-state index in [1.165, 1.54) is 18.4 Å². The monoisotopic (exact) mass is 433 g/mol. The summed E-state index contributed by atoms with van der Waals surface area (Å²) in [6.07, 6.45) is 5.54. The maximum absolute atomic E-state index is 5.68. The van der Waals surface area contributed by atoms with Crippen molar-refractivity contribution in [2.75, 3.05) is 33.4 Å². The molecule has 4 nitrogen and oxygen atoms in total. The van der Waals surface area contributed by atoms with E-state index >= 15 is 0 Å². The summed E-state index contributed by atoms with van der Waals surface area (Å²) in [5, 5.41) is 6.64. The Kier molecular flexibility index (Phi) is 15.5. The van der Waals surface area contributed by atoms with E-state index in [9.17, 15) is 0 Å². The summed E-state index contributed by atoms with van der Waals surface area (Å²) in [7, 11) is 1.81. The first-order chi connectivity index (χ1) is 10.9. The average Bonchev–Trinajstić information content (AvgIpc) is 2.56. The van der Waals surface area contributed by atoms with Crippen molar-refractivity contribution < 1.29 is 4.74 Å². The number of guanidine groups is 1. The Balaban J connectivity index is 0.00000484. The van der Waals surface area contributed by atoms with E-state index in [0.717, 1.165) is 51.5 Å². The van der Waals surface area contributed by atoms with Gasteiger partial charge >= 0.3 is 0 Å². The number of ether oxygens (including phenoxy) is 1. The van der Waals surface area contributed by atoms with Crippen molar-refractivity contribution in [3.05, 3.63) is 35.9 Å². The Morgan fingerprint density at radius 1 is 1.00 bits per heavy atom. The van der Waals surface area contributed by atoms with Crippen LogP contribution in [0.2, 0.25) is 0 Å². The van der Waals surface area contributed by atoms with Crippen molar-refractivity contribution in [3.8, 4) is 0 Å². The fraction of sp³-hybridized carbons (Fsp3) is 0.611. The van der Waals surface area contributed by atoms with Gasteiger partial charge in [-0.05, 0) is 31.2 Å². The van der Waals surface area contributed by atoms with Gasteiger partial charge in [0.25, 0.3) is 0 Å². The third kappa shape index (κ3) is 12.3. The van der Waals surface area contributed by atoms with Gasteiger partial charge in [-0.3, -0.25) is 4.99 Å². The number of nitrogens with zero attached hydrogens (tertiary/aromatic N) is 1. The van der Waals surface area contributed by atoms with Gasteiger partial charge in [0, 0.05) is 26.7 Å². The van der Waals surface area contributed by atoms with Gasteiger partial charge in [0.2, 0.25) is 0 Å². The molecule has 1 aromatic carbocycles. The third-order valence-corrected chi connectivity index (χ3v) is 3.43. The maximum atomic E-state index is 5.68. The fourth-order valence-electron chi connectivity index (χ4n) is 2.08. The second kappa shape index (κ2) is 16.1. The summed E-state index contributed by atoms with van der Waals surface area (Å²) in [6.45, 7) is 5.75. The largest absolute Gasteiger partial charge is 0.381 e. The average molecular weight is 433 g/mol. The number of halogens is 1. The molecule has 1 rings (SSSR count). The van der Waals surface area contributed by atoms with E-state index in [-0.39, 0.29) is 24.0 Å². The molecule has 0 radical (unpaired) electrons. The van der Waals surface area contributed by atoms with Crippen LogP contribution >= 0.6 is 24.0 Å². The van der Waals surface area contributed by atoms with Gasteiger partial charge in [0.1, 0.15) is 0 Å². The van der Waals surface area contributed by atoms with Crippen LogP contribution in [0, 0.1) is 0 Å². The first-order valence-corrected chi connectivity index (χ1v) is 8.43. The molecular formula is C18H32IN3O. The zero-order valence-electron chi connectivity index (χ0n) is 14.5. The minimum atomic E-state index is 0. The number of rotatable bonds is 11. The number of unbranched alkanes of at least 4 members (excludes halogenated alkanes) is 2. The molecule has 1 aromatic rings. The standard InChI is InChI=1S/C18H31N3O.HI/c1-3-4-13-20-18(19-2)21-14-8-9-15-22-16-12-17-10-6-5-7-11-17;/h5-7,10-11H,3-4,8-9,12-16H2,1-2H3,(H2,19,20,21);1H. The number of hydrogen-bond donors (Lipinski definition) is 2. The lowest BCUT2D eigenvalue weighted by molar-refractivity contribution is 0.133. The summed E-state index contributed by atoms with van der Waals surface area (Å²) >= 11 is 0. The third-order valence-electron chi connectivity index (χ3n) is 3.43. The van der Waals surface area contributed by atoms with Crippen LogP contribution in [0.4, 0.5) is 0 Å². The number of benzene rings is 1. The highest BCUT2D eigenvalue weighted by molar-refractivity contribution is 14.0. The molecule has 23 heavy (non-hydrogen) atoms. The first kappa shape index (κ1) is 22.2. The van der Waals surface area contributed by atoms with Crippen LogP contribution in [0.15, 0.2) is 35.3 Å². The highest BCUT2D eigenvalue weighted by atomic mass is 127. The second-order valence-corrected chi connectivity index (χ2v) is 5.33. The Bertz CT molecular complexity index is 399. The molecule has 0 bridgehead atoms. The molecule has 132 valence electrons. The van der Waals surface area contributed by atoms with Crippen molar-refractivity contribution in [1.29, 1.82) is 0 Å².